The third-order valence-corrected chi connectivity index (χ3v) is 2.94. The third-order valence-electron chi connectivity index (χ3n) is 2.94. The van der Waals surface area contributed by atoms with E-state index in [1.807, 2.05) is 0 Å². The zero-order valence-electron chi connectivity index (χ0n) is 11.0. The Labute approximate surface area is 119 Å². The molecule has 2 aromatic heterocycles. The molecule has 1 amide bonds. The largest absolute Gasteiger partial charge is 0.508 e. The number of rotatable bonds is 3. The zero-order chi connectivity index (χ0) is 14.8. The van der Waals surface area contributed by atoms with Crippen molar-refractivity contribution < 1.29 is 14.3 Å². The van der Waals surface area contributed by atoms with Gasteiger partial charge in [0.25, 0.3) is 0 Å². The number of nitrogens with zero attached hydrogens (tertiary/aromatic N) is 2. The van der Waals surface area contributed by atoms with Crippen LogP contribution in [0.3, 0.4) is 0 Å². The minimum absolute atomic E-state index is 0.0684. The van der Waals surface area contributed by atoms with Crippen molar-refractivity contribution in [3.8, 4) is 5.75 Å². The molecule has 0 saturated heterocycles. The number of fused-ring (bicyclic) bond motifs is 1. The molecular formula is C15H12FN3O2. The number of pyridine rings is 1. The fourth-order valence-electron chi connectivity index (χ4n) is 2.06. The van der Waals surface area contributed by atoms with Crippen molar-refractivity contribution in [3.63, 3.8) is 0 Å². The van der Waals surface area contributed by atoms with E-state index in [1.165, 1.54) is 28.8 Å². The van der Waals surface area contributed by atoms with Crippen molar-refractivity contribution in [2.24, 2.45) is 0 Å². The summed E-state index contributed by atoms with van der Waals surface area (Å²) in [5.41, 5.74) is 1.63. The van der Waals surface area contributed by atoms with Crippen LogP contribution in [0.4, 0.5) is 10.1 Å². The molecule has 2 heterocycles. The quantitative estimate of drug-likeness (QED) is 0.776. The SMILES string of the molecule is O=C(Cc1cn2cc(F)ccc2n1)Nc1cccc(O)c1. The van der Waals surface area contributed by atoms with Crippen LogP contribution in [-0.2, 0) is 11.2 Å². The lowest BCUT2D eigenvalue weighted by atomic mass is 10.2. The van der Waals surface area contributed by atoms with E-state index in [4.69, 9.17) is 0 Å². The molecule has 106 valence electrons. The van der Waals surface area contributed by atoms with Crippen LogP contribution >= 0.6 is 0 Å². The number of halogens is 1. The summed E-state index contributed by atoms with van der Waals surface area (Å²) in [4.78, 5) is 16.2. The first-order valence-corrected chi connectivity index (χ1v) is 6.32. The van der Waals surface area contributed by atoms with Gasteiger partial charge in [0.15, 0.2) is 0 Å². The molecule has 0 fully saturated rings. The molecule has 0 bridgehead atoms. The first-order chi connectivity index (χ1) is 10.1. The second kappa shape index (κ2) is 5.24. The number of amides is 1. The van der Waals surface area contributed by atoms with Gasteiger partial charge in [-0.3, -0.25) is 4.79 Å². The molecule has 0 radical (unpaired) electrons. The molecule has 0 unspecified atom stereocenters. The summed E-state index contributed by atoms with van der Waals surface area (Å²) in [6.45, 7) is 0. The van der Waals surface area contributed by atoms with Crippen LogP contribution in [0.25, 0.3) is 5.65 Å². The molecule has 3 aromatic rings. The second-order valence-corrected chi connectivity index (χ2v) is 4.62. The number of aromatic nitrogens is 2. The van der Waals surface area contributed by atoms with E-state index in [-0.39, 0.29) is 23.9 Å². The minimum Gasteiger partial charge on any atom is -0.508 e. The number of hydrogen-bond donors (Lipinski definition) is 2. The zero-order valence-corrected chi connectivity index (χ0v) is 11.0. The van der Waals surface area contributed by atoms with Crippen LogP contribution in [-0.4, -0.2) is 20.4 Å². The van der Waals surface area contributed by atoms with E-state index in [9.17, 15) is 14.3 Å². The van der Waals surface area contributed by atoms with Gasteiger partial charge in [0.1, 0.15) is 17.2 Å². The molecule has 0 aliphatic heterocycles. The van der Waals surface area contributed by atoms with Gasteiger partial charge in [-0.25, -0.2) is 9.37 Å². The number of aromatic hydroxyl groups is 1. The Morgan fingerprint density at radius 2 is 2.14 bits per heavy atom. The lowest BCUT2D eigenvalue weighted by molar-refractivity contribution is -0.115. The fraction of sp³-hybridized carbons (Fsp3) is 0.0667. The van der Waals surface area contributed by atoms with Crippen molar-refractivity contribution in [1.82, 2.24) is 9.38 Å². The molecule has 21 heavy (non-hydrogen) atoms. The Hall–Kier alpha value is -2.89. The van der Waals surface area contributed by atoms with Gasteiger partial charge >= 0.3 is 0 Å². The van der Waals surface area contributed by atoms with Gasteiger partial charge in [0.2, 0.25) is 5.91 Å². The van der Waals surface area contributed by atoms with Crippen molar-refractivity contribution in [1.29, 1.82) is 0 Å². The van der Waals surface area contributed by atoms with E-state index in [2.05, 4.69) is 10.3 Å². The molecule has 0 aliphatic rings. The standard InChI is InChI=1S/C15H12FN3O2/c16-10-4-5-14-17-12(9-19(14)8-10)7-15(21)18-11-2-1-3-13(20)6-11/h1-6,8-9,20H,7H2,(H,18,21). The van der Waals surface area contributed by atoms with Gasteiger partial charge in [0.05, 0.1) is 12.1 Å². The third kappa shape index (κ3) is 3.00. The van der Waals surface area contributed by atoms with Crippen molar-refractivity contribution >= 4 is 17.2 Å². The van der Waals surface area contributed by atoms with Crippen LogP contribution in [0.5, 0.6) is 5.75 Å². The van der Waals surface area contributed by atoms with Crippen molar-refractivity contribution in [2.45, 2.75) is 6.42 Å². The smallest absolute Gasteiger partial charge is 0.230 e. The van der Waals surface area contributed by atoms with Crippen LogP contribution in [0.1, 0.15) is 5.69 Å². The van der Waals surface area contributed by atoms with Crippen LogP contribution < -0.4 is 5.32 Å². The number of nitrogens with one attached hydrogen (secondary N) is 1. The summed E-state index contributed by atoms with van der Waals surface area (Å²) in [6.07, 6.45) is 2.98. The highest BCUT2D eigenvalue weighted by molar-refractivity contribution is 5.92. The molecule has 0 aliphatic carbocycles. The average Bonchev–Trinajstić information content (AvgIpc) is 2.79. The number of phenols is 1. The predicted molar refractivity (Wildman–Crippen MR) is 75.6 cm³/mol. The van der Waals surface area contributed by atoms with Crippen molar-refractivity contribution in [2.75, 3.05) is 5.32 Å². The summed E-state index contributed by atoms with van der Waals surface area (Å²) in [7, 11) is 0. The highest BCUT2D eigenvalue weighted by atomic mass is 19.1. The predicted octanol–water partition coefficient (Wildman–Crippen LogP) is 2.36. The molecule has 2 N–H and O–H groups in total. The average molecular weight is 285 g/mol. The van der Waals surface area contributed by atoms with Gasteiger partial charge in [0, 0.05) is 24.1 Å². The topological polar surface area (TPSA) is 66.6 Å². The summed E-state index contributed by atoms with van der Waals surface area (Å²) >= 11 is 0. The highest BCUT2D eigenvalue weighted by Crippen LogP contribution is 2.15. The summed E-state index contributed by atoms with van der Waals surface area (Å²) in [6, 6.07) is 9.16. The van der Waals surface area contributed by atoms with Crippen LogP contribution in [0.15, 0.2) is 48.8 Å². The monoisotopic (exact) mass is 285 g/mol. The number of anilines is 1. The molecule has 0 saturated carbocycles. The van der Waals surface area contributed by atoms with Gasteiger partial charge in [-0.15, -0.1) is 0 Å². The summed E-state index contributed by atoms with van der Waals surface area (Å²) in [5, 5.41) is 12.0. The lowest BCUT2D eigenvalue weighted by Gasteiger charge is -2.03. The maximum Gasteiger partial charge on any atom is 0.230 e. The molecular weight excluding hydrogens is 273 g/mol. The number of carbonyl (C=O) groups is 1. The minimum atomic E-state index is -0.365. The number of phenolic OH excluding ortho intramolecular Hbond substituents is 1. The first-order valence-electron chi connectivity index (χ1n) is 6.32. The van der Waals surface area contributed by atoms with Crippen LogP contribution in [0.2, 0.25) is 0 Å². The van der Waals surface area contributed by atoms with E-state index < -0.39 is 0 Å². The van der Waals surface area contributed by atoms with Gasteiger partial charge < -0.3 is 14.8 Å². The molecule has 0 atom stereocenters. The fourth-order valence-corrected chi connectivity index (χ4v) is 2.06. The number of carbonyl (C=O) groups excluding carboxylic acids is 1. The molecule has 6 heteroatoms. The van der Waals surface area contributed by atoms with Gasteiger partial charge in [-0.1, -0.05) is 6.07 Å². The maximum atomic E-state index is 13.1. The van der Waals surface area contributed by atoms with E-state index >= 15 is 0 Å². The first kappa shape index (κ1) is 13.1. The Kier molecular flexibility index (Phi) is 3.27. The summed E-state index contributed by atoms with van der Waals surface area (Å²) < 4.78 is 14.6. The van der Waals surface area contributed by atoms with Gasteiger partial charge in [-0.05, 0) is 24.3 Å². The number of imidazole rings is 1. The van der Waals surface area contributed by atoms with Crippen LogP contribution in [0, 0.1) is 5.82 Å². The molecule has 1 aromatic carbocycles. The van der Waals surface area contributed by atoms with Crippen molar-refractivity contribution in [3.05, 3.63) is 60.3 Å². The summed E-state index contributed by atoms with van der Waals surface area (Å²) in [5.74, 6) is -0.545. The molecule has 0 spiro atoms. The normalized spacial score (nSPS) is 10.7. The Morgan fingerprint density at radius 3 is 2.95 bits per heavy atom. The highest BCUT2D eigenvalue weighted by Gasteiger charge is 2.08. The number of benzene rings is 1. The van der Waals surface area contributed by atoms with E-state index in [0.717, 1.165) is 0 Å². The second-order valence-electron chi connectivity index (χ2n) is 4.62. The van der Waals surface area contributed by atoms with E-state index in [0.29, 0.717) is 17.0 Å². The molecule has 3 rings (SSSR count). The van der Waals surface area contributed by atoms with E-state index in [1.54, 1.807) is 24.4 Å². The van der Waals surface area contributed by atoms with Gasteiger partial charge in [-0.2, -0.15) is 0 Å². The Bertz CT molecular complexity index is 814. The number of hydrogen-bond acceptors (Lipinski definition) is 3. The maximum absolute atomic E-state index is 13.1. The Balaban J connectivity index is 1.74. The Morgan fingerprint density at radius 1 is 1.29 bits per heavy atom. The molecule has 5 nitrogen and oxygen atoms in total. The lowest BCUT2D eigenvalue weighted by Crippen LogP contribution is -2.14.